The molecule has 1 amide bonds. The number of anilines is 1. The number of hydrogen-bond donors (Lipinski definition) is 1. The molecule has 0 saturated heterocycles. The van der Waals surface area contributed by atoms with Gasteiger partial charge in [0.1, 0.15) is 5.75 Å². The van der Waals surface area contributed by atoms with Crippen LogP contribution >= 0.6 is 23.2 Å². The second-order valence-corrected chi connectivity index (χ2v) is 6.86. The first-order valence-corrected chi connectivity index (χ1v) is 8.90. The van der Waals surface area contributed by atoms with Gasteiger partial charge in [0.05, 0.1) is 15.7 Å². The molecule has 0 aliphatic heterocycles. The molecule has 138 valence electrons. The van der Waals surface area contributed by atoms with Gasteiger partial charge in [-0.1, -0.05) is 36.0 Å². The number of carbonyl (C=O) groups excluding carboxylic acids is 1. The van der Waals surface area contributed by atoms with E-state index in [4.69, 9.17) is 23.2 Å². The van der Waals surface area contributed by atoms with Gasteiger partial charge in [-0.05, 0) is 42.5 Å². The Labute approximate surface area is 159 Å². The Morgan fingerprint density at radius 2 is 1.85 bits per heavy atom. The Balaban J connectivity index is 1.89. The minimum absolute atomic E-state index is 0.101. The van der Waals surface area contributed by atoms with E-state index in [1.54, 1.807) is 6.07 Å². The smallest absolute Gasteiger partial charge is 0.387 e. The fourth-order valence-corrected chi connectivity index (χ4v) is 3.62. The third kappa shape index (κ3) is 4.24. The molecule has 1 aliphatic carbocycles. The maximum absolute atomic E-state index is 12.7. The van der Waals surface area contributed by atoms with Crippen LogP contribution in [0, 0.1) is 0 Å². The summed E-state index contributed by atoms with van der Waals surface area (Å²) in [6.45, 7) is -2.91. The Hall–Kier alpha value is -1.92. The van der Waals surface area contributed by atoms with Crippen molar-refractivity contribution >= 4 is 34.8 Å². The lowest BCUT2D eigenvalue weighted by atomic mass is 9.94. The van der Waals surface area contributed by atoms with Crippen molar-refractivity contribution in [3.63, 3.8) is 0 Å². The molecule has 26 heavy (non-hydrogen) atoms. The van der Waals surface area contributed by atoms with E-state index < -0.39 is 12.5 Å². The molecule has 3 rings (SSSR count). The van der Waals surface area contributed by atoms with Gasteiger partial charge < -0.3 is 10.1 Å². The van der Waals surface area contributed by atoms with Crippen molar-refractivity contribution in [2.45, 2.75) is 38.2 Å². The Kier molecular flexibility index (Phi) is 5.94. The van der Waals surface area contributed by atoms with E-state index in [1.165, 1.54) is 24.5 Å². The lowest BCUT2D eigenvalue weighted by Gasteiger charge is -2.17. The maximum Gasteiger partial charge on any atom is 0.387 e. The van der Waals surface area contributed by atoms with E-state index >= 15 is 0 Å². The molecule has 0 bridgehead atoms. The number of carbonyl (C=O) groups is 1. The van der Waals surface area contributed by atoms with Gasteiger partial charge in [-0.25, -0.2) is 0 Å². The van der Waals surface area contributed by atoms with Crippen LogP contribution in [-0.4, -0.2) is 17.5 Å². The lowest BCUT2D eigenvalue weighted by Crippen LogP contribution is -2.14. The zero-order chi connectivity index (χ0) is 18.7. The van der Waals surface area contributed by atoms with Crippen LogP contribution in [0.5, 0.6) is 5.75 Å². The molecular formula is C18H16Cl2F2N2O2. The normalized spacial score (nSPS) is 14.7. The Morgan fingerprint density at radius 3 is 2.46 bits per heavy atom. The van der Waals surface area contributed by atoms with Gasteiger partial charge in [-0.2, -0.15) is 8.78 Å². The van der Waals surface area contributed by atoms with E-state index in [9.17, 15) is 13.6 Å². The van der Waals surface area contributed by atoms with E-state index in [-0.39, 0.29) is 27.4 Å². The van der Waals surface area contributed by atoms with Crippen molar-refractivity contribution in [1.29, 1.82) is 0 Å². The predicted molar refractivity (Wildman–Crippen MR) is 96.5 cm³/mol. The minimum atomic E-state index is -2.91. The summed E-state index contributed by atoms with van der Waals surface area (Å²) in [5.41, 5.74) is 1.20. The molecule has 1 aromatic heterocycles. The number of alkyl halides is 2. The van der Waals surface area contributed by atoms with Gasteiger partial charge in [0.15, 0.2) is 0 Å². The van der Waals surface area contributed by atoms with Gasteiger partial charge in [0.2, 0.25) is 0 Å². The van der Waals surface area contributed by atoms with Crippen molar-refractivity contribution < 1.29 is 18.3 Å². The summed E-state index contributed by atoms with van der Waals surface area (Å²) < 4.78 is 30.0. The molecule has 2 aromatic rings. The fourth-order valence-electron chi connectivity index (χ4n) is 3.17. The van der Waals surface area contributed by atoms with E-state index in [1.807, 2.05) is 0 Å². The lowest BCUT2D eigenvalue weighted by molar-refractivity contribution is -0.0506. The largest absolute Gasteiger partial charge is 0.435 e. The van der Waals surface area contributed by atoms with Gasteiger partial charge >= 0.3 is 6.61 Å². The van der Waals surface area contributed by atoms with Crippen LogP contribution in [0.15, 0.2) is 30.6 Å². The van der Waals surface area contributed by atoms with E-state index in [0.29, 0.717) is 11.1 Å². The molecule has 1 aromatic carbocycles. The topological polar surface area (TPSA) is 51.2 Å². The second-order valence-electron chi connectivity index (χ2n) is 6.04. The highest BCUT2D eigenvalue weighted by atomic mass is 35.5. The number of ether oxygens (including phenoxy) is 1. The highest BCUT2D eigenvalue weighted by Crippen LogP contribution is 2.40. The van der Waals surface area contributed by atoms with Crippen molar-refractivity contribution in [3.05, 3.63) is 51.8 Å². The average Bonchev–Trinajstić information content (AvgIpc) is 3.12. The SMILES string of the molecule is O=C(Nc1c(Cl)cncc1Cl)c1ccc(OC(F)F)c(C2CCCC2)c1. The number of benzene rings is 1. The van der Waals surface area contributed by atoms with Gasteiger partial charge in [-0.3, -0.25) is 9.78 Å². The van der Waals surface area contributed by atoms with Crippen LogP contribution < -0.4 is 10.1 Å². The molecule has 0 radical (unpaired) electrons. The summed E-state index contributed by atoms with van der Waals surface area (Å²) in [6.07, 6.45) is 6.55. The van der Waals surface area contributed by atoms with Crippen molar-refractivity contribution in [1.82, 2.24) is 4.98 Å². The molecule has 1 heterocycles. The number of nitrogens with one attached hydrogen (secondary N) is 1. The molecule has 4 nitrogen and oxygen atoms in total. The average molecular weight is 401 g/mol. The second kappa shape index (κ2) is 8.18. The van der Waals surface area contributed by atoms with Crippen LogP contribution in [0.3, 0.4) is 0 Å². The zero-order valence-corrected chi connectivity index (χ0v) is 15.2. The number of pyridine rings is 1. The molecule has 0 atom stereocenters. The number of hydrogen-bond acceptors (Lipinski definition) is 3. The van der Waals surface area contributed by atoms with Crippen LogP contribution in [0.4, 0.5) is 14.5 Å². The third-order valence-corrected chi connectivity index (χ3v) is 4.95. The maximum atomic E-state index is 12.7. The minimum Gasteiger partial charge on any atom is -0.435 e. The molecule has 0 spiro atoms. The van der Waals surface area contributed by atoms with Crippen molar-refractivity contribution in [2.24, 2.45) is 0 Å². The quantitative estimate of drug-likeness (QED) is 0.679. The molecule has 8 heteroatoms. The van der Waals surface area contributed by atoms with E-state index in [0.717, 1.165) is 25.7 Å². The van der Waals surface area contributed by atoms with Crippen LogP contribution in [0.1, 0.15) is 47.5 Å². The number of rotatable bonds is 5. The number of nitrogens with zero attached hydrogens (tertiary/aromatic N) is 1. The highest BCUT2D eigenvalue weighted by Gasteiger charge is 2.24. The highest BCUT2D eigenvalue weighted by molar-refractivity contribution is 6.39. The molecule has 1 N–H and O–H groups in total. The first-order chi connectivity index (χ1) is 12.5. The molecule has 1 saturated carbocycles. The zero-order valence-electron chi connectivity index (χ0n) is 13.6. The molecule has 1 aliphatic rings. The summed E-state index contributed by atoms with van der Waals surface area (Å²) in [4.78, 5) is 16.4. The summed E-state index contributed by atoms with van der Waals surface area (Å²) in [6, 6.07) is 4.45. The predicted octanol–water partition coefficient (Wildman–Crippen LogP) is 5.90. The van der Waals surface area contributed by atoms with Crippen LogP contribution in [0.2, 0.25) is 10.0 Å². The van der Waals surface area contributed by atoms with Gasteiger partial charge in [-0.15, -0.1) is 0 Å². The first kappa shape index (κ1) is 18.9. The van der Waals surface area contributed by atoms with E-state index in [2.05, 4.69) is 15.0 Å². The van der Waals surface area contributed by atoms with Gasteiger partial charge in [0.25, 0.3) is 5.91 Å². The summed E-state index contributed by atoms with van der Waals surface area (Å²) in [5, 5.41) is 3.06. The standard InChI is InChI=1S/C18H16Cl2F2N2O2/c19-13-8-23-9-14(20)16(13)24-17(25)11-5-6-15(26-18(21)22)12(7-11)10-3-1-2-4-10/h5-10,18H,1-4H2,(H,23,24,25). The van der Waals surface area contributed by atoms with Gasteiger partial charge in [0, 0.05) is 18.0 Å². The first-order valence-electron chi connectivity index (χ1n) is 8.15. The van der Waals surface area contributed by atoms with Crippen LogP contribution in [0.25, 0.3) is 0 Å². The van der Waals surface area contributed by atoms with Crippen LogP contribution in [-0.2, 0) is 0 Å². The summed E-state index contributed by atoms with van der Waals surface area (Å²) in [5.74, 6) is -0.226. The van der Waals surface area contributed by atoms with Crippen molar-refractivity contribution in [2.75, 3.05) is 5.32 Å². The number of aromatic nitrogens is 1. The number of halogens is 4. The number of amides is 1. The summed E-state index contributed by atoms with van der Waals surface area (Å²) >= 11 is 12.0. The van der Waals surface area contributed by atoms with Crippen molar-refractivity contribution in [3.8, 4) is 5.75 Å². The molecule has 0 unspecified atom stereocenters. The fraction of sp³-hybridized carbons (Fsp3) is 0.333. The Bertz CT molecular complexity index is 792. The molecular weight excluding hydrogens is 385 g/mol. The molecule has 1 fully saturated rings. The summed E-state index contributed by atoms with van der Waals surface area (Å²) in [7, 11) is 0. The Morgan fingerprint density at radius 1 is 1.19 bits per heavy atom. The third-order valence-electron chi connectivity index (χ3n) is 4.37. The monoisotopic (exact) mass is 400 g/mol.